The van der Waals surface area contributed by atoms with Gasteiger partial charge in [-0.2, -0.15) is 0 Å². The number of fused-ring (bicyclic) bond motifs is 1. The zero-order valence-corrected chi connectivity index (χ0v) is 15.0. The number of benzene rings is 3. The second-order valence-corrected chi connectivity index (χ2v) is 6.58. The molecule has 0 unspecified atom stereocenters. The molecule has 0 amide bonds. The van der Waals surface area contributed by atoms with Gasteiger partial charge in [-0.05, 0) is 30.3 Å². The molecule has 0 radical (unpaired) electrons. The Morgan fingerprint density at radius 3 is 2.62 bits per heavy atom. The van der Waals surface area contributed by atoms with Gasteiger partial charge in [0.2, 0.25) is 0 Å². The summed E-state index contributed by atoms with van der Waals surface area (Å²) in [6.45, 7) is 0. The Morgan fingerprint density at radius 2 is 1.81 bits per heavy atom. The lowest BCUT2D eigenvalue weighted by Gasteiger charge is -2.02. The van der Waals surface area contributed by atoms with Crippen molar-refractivity contribution >= 4 is 46.1 Å². The third kappa shape index (κ3) is 3.29. The van der Waals surface area contributed by atoms with Crippen LogP contribution in [-0.4, -0.2) is 21.3 Å². The number of rotatable bonds is 3. The van der Waals surface area contributed by atoms with E-state index in [1.807, 2.05) is 48.5 Å². The number of aliphatic imine (C=N–C) groups is 1. The van der Waals surface area contributed by atoms with E-state index in [0.29, 0.717) is 10.6 Å². The van der Waals surface area contributed by atoms with Crippen LogP contribution in [0.1, 0.15) is 5.56 Å². The molecule has 26 heavy (non-hydrogen) atoms. The first-order valence-corrected chi connectivity index (χ1v) is 8.63. The van der Waals surface area contributed by atoms with Crippen molar-refractivity contribution in [1.29, 1.82) is 0 Å². The fourth-order valence-electron chi connectivity index (χ4n) is 2.64. The van der Waals surface area contributed by atoms with Gasteiger partial charge in [-0.1, -0.05) is 53.5 Å². The Labute approximate surface area is 159 Å². The van der Waals surface area contributed by atoms with Crippen molar-refractivity contribution in [3.05, 3.63) is 76.3 Å². The Balaban J connectivity index is 1.68. The lowest BCUT2D eigenvalue weighted by molar-refractivity contribution is 0.475. The van der Waals surface area contributed by atoms with Crippen LogP contribution >= 0.6 is 23.2 Å². The van der Waals surface area contributed by atoms with Gasteiger partial charge in [0.25, 0.3) is 0 Å². The number of nitrogens with one attached hydrogen (secondary N) is 1. The summed E-state index contributed by atoms with van der Waals surface area (Å²) in [4.78, 5) is 12.3. The summed E-state index contributed by atoms with van der Waals surface area (Å²) in [6.07, 6.45) is 1.53. The maximum atomic E-state index is 10.0. The molecule has 0 fully saturated rings. The summed E-state index contributed by atoms with van der Waals surface area (Å²) in [6, 6.07) is 18.7. The molecule has 128 valence electrons. The van der Waals surface area contributed by atoms with Gasteiger partial charge in [-0.25, -0.2) is 4.98 Å². The average Bonchev–Trinajstić information content (AvgIpc) is 3.07. The molecule has 4 rings (SSSR count). The van der Waals surface area contributed by atoms with Gasteiger partial charge in [-0.3, -0.25) is 4.99 Å². The van der Waals surface area contributed by atoms with Gasteiger partial charge >= 0.3 is 0 Å². The number of phenols is 1. The molecule has 4 aromatic rings. The molecular weight excluding hydrogens is 369 g/mol. The van der Waals surface area contributed by atoms with Crippen LogP contribution in [0, 0.1) is 0 Å². The number of hydrogen-bond acceptors (Lipinski definition) is 3. The summed E-state index contributed by atoms with van der Waals surface area (Å²) in [5.41, 5.74) is 3.93. The number of halogens is 2. The molecule has 0 bridgehead atoms. The van der Waals surface area contributed by atoms with E-state index in [4.69, 9.17) is 23.2 Å². The number of imidazole rings is 1. The summed E-state index contributed by atoms with van der Waals surface area (Å²) >= 11 is 11.9. The average molecular weight is 382 g/mol. The zero-order valence-electron chi connectivity index (χ0n) is 13.4. The van der Waals surface area contributed by atoms with Crippen LogP contribution in [-0.2, 0) is 0 Å². The number of aromatic amines is 1. The number of nitrogens with zero attached hydrogens (tertiary/aromatic N) is 2. The second-order valence-electron chi connectivity index (χ2n) is 5.74. The van der Waals surface area contributed by atoms with Crippen molar-refractivity contribution in [2.24, 2.45) is 4.99 Å². The quantitative estimate of drug-likeness (QED) is 0.428. The van der Waals surface area contributed by atoms with Gasteiger partial charge in [0.1, 0.15) is 11.6 Å². The maximum Gasteiger partial charge on any atom is 0.143 e. The highest BCUT2D eigenvalue weighted by Gasteiger charge is 2.07. The molecular formula is C20H13Cl2N3O. The minimum absolute atomic E-state index is 0.0474. The van der Waals surface area contributed by atoms with Crippen molar-refractivity contribution in [2.75, 3.05) is 0 Å². The van der Waals surface area contributed by atoms with Crippen molar-refractivity contribution in [3.8, 4) is 17.1 Å². The Hall–Kier alpha value is -2.82. The minimum Gasteiger partial charge on any atom is -0.506 e. The van der Waals surface area contributed by atoms with E-state index in [1.54, 1.807) is 6.07 Å². The largest absolute Gasteiger partial charge is 0.506 e. The normalized spacial score (nSPS) is 11.5. The first kappa shape index (κ1) is 16.6. The smallest absolute Gasteiger partial charge is 0.143 e. The molecule has 1 heterocycles. The highest BCUT2D eigenvalue weighted by Crippen LogP contribution is 2.31. The molecule has 0 spiro atoms. The minimum atomic E-state index is -0.0474. The van der Waals surface area contributed by atoms with E-state index < -0.39 is 0 Å². The van der Waals surface area contributed by atoms with E-state index in [1.165, 1.54) is 12.3 Å². The second kappa shape index (κ2) is 6.83. The van der Waals surface area contributed by atoms with Gasteiger partial charge in [0.05, 0.1) is 21.7 Å². The van der Waals surface area contributed by atoms with Gasteiger partial charge in [-0.15, -0.1) is 0 Å². The Morgan fingerprint density at radius 1 is 1.00 bits per heavy atom. The zero-order chi connectivity index (χ0) is 18.1. The van der Waals surface area contributed by atoms with Crippen molar-refractivity contribution in [2.45, 2.75) is 0 Å². The van der Waals surface area contributed by atoms with E-state index in [0.717, 1.165) is 28.1 Å². The number of phenolic OH excluding ortho intramolecular Hbond substituents is 1. The van der Waals surface area contributed by atoms with Crippen LogP contribution in [0.25, 0.3) is 22.4 Å². The molecule has 0 aliphatic carbocycles. The van der Waals surface area contributed by atoms with Crippen LogP contribution < -0.4 is 0 Å². The number of aromatic hydroxyl groups is 1. The topological polar surface area (TPSA) is 61.3 Å². The Kier molecular flexibility index (Phi) is 4.37. The van der Waals surface area contributed by atoms with Gasteiger partial charge in [0.15, 0.2) is 0 Å². The molecule has 0 aliphatic heterocycles. The fourth-order valence-corrected chi connectivity index (χ4v) is 3.15. The van der Waals surface area contributed by atoms with E-state index in [-0.39, 0.29) is 10.8 Å². The number of hydrogen-bond donors (Lipinski definition) is 2. The van der Waals surface area contributed by atoms with Crippen molar-refractivity contribution in [1.82, 2.24) is 9.97 Å². The van der Waals surface area contributed by atoms with Crippen LogP contribution in [0.3, 0.4) is 0 Å². The molecule has 0 aliphatic rings. The summed E-state index contributed by atoms with van der Waals surface area (Å²) < 4.78 is 0. The third-order valence-corrected chi connectivity index (χ3v) is 4.43. The van der Waals surface area contributed by atoms with Crippen LogP contribution in [0.15, 0.2) is 65.7 Å². The lowest BCUT2D eigenvalue weighted by atomic mass is 10.2. The van der Waals surface area contributed by atoms with Crippen molar-refractivity contribution < 1.29 is 5.11 Å². The van der Waals surface area contributed by atoms with Gasteiger partial charge < -0.3 is 10.1 Å². The third-order valence-electron chi connectivity index (χ3n) is 3.92. The molecule has 1 aromatic heterocycles. The highest BCUT2D eigenvalue weighted by atomic mass is 35.5. The molecule has 6 heteroatoms. The van der Waals surface area contributed by atoms with Crippen LogP contribution in [0.5, 0.6) is 5.75 Å². The summed E-state index contributed by atoms with van der Waals surface area (Å²) in [7, 11) is 0. The Bertz CT molecular complexity index is 1120. The predicted octanol–water partition coefficient (Wildman–Crippen LogP) is 5.99. The van der Waals surface area contributed by atoms with Crippen LogP contribution in [0.2, 0.25) is 10.0 Å². The summed E-state index contributed by atoms with van der Waals surface area (Å²) in [5, 5.41) is 10.6. The SMILES string of the molecule is Oc1c(Cl)cc(Cl)cc1C=Nc1ccc2nc(-c3ccccc3)[nH]c2c1. The number of aromatic nitrogens is 2. The van der Waals surface area contributed by atoms with E-state index in [2.05, 4.69) is 15.0 Å². The van der Waals surface area contributed by atoms with E-state index in [9.17, 15) is 5.11 Å². The first-order chi connectivity index (χ1) is 12.6. The molecule has 4 nitrogen and oxygen atoms in total. The maximum absolute atomic E-state index is 10.0. The van der Waals surface area contributed by atoms with Crippen molar-refractivity contribution in [3.63, 3.8) is 0 Å². The highest BCUT2D eigenvalue weighted by molar-refractivity contribution is 6.36. The monoisotopic (exact) mass is 381 g/mol. The van der Waals surface area contributed by atoms with Crippen LogP contribution in [0.4, 0.5) is 5.69 Å². The van der Waals surface area contributed by atoms with E-state index >= 15 is 0 Å². The molecule has 3 aromatic carbocycles. The standard InChI is InChI=1S/C20H13Cl2N3O/c21-14-8-13(19(26)16(22)9-14)11-23-15-6-7-17-18(10-15)25-20(24-17)12-4-2-1-3-5-12/h1-11,26H,(H,24,25). The summed E-state index contributed by atoms with van der Waals surface area (Å²) in [5.74, 6) is 0.759. The predicted molar refractivity (Wildman–Crippen MR) is 107 cm³/mol. The molecule has 0 atom stereocenters. The molecule has 0 saturated heterocycles. The molecule has 0 saturated carbocycles. The molecule has 2 N–H and O–H groups in total. The first-order valence-electron chi connectivity index (χ1n) is 7.87. The lowest BCUT2D eigenvalue weighted by Crippen LogP contribution is -1.84. The number of H-pyrrole nitrogens is 1. The van der Waals surface area contributed by atoms with Gasteiger partial charge in [0, 0.05) is 22.4 Å². The fraction of sp³-hybridized carbons (Fsp3) is 0.